The number of amides is 2. The first-order valence-electron chi connectivity index (χ1n) is 10.2. The first kappa shape index (κ1) is 19.7. The van der Waals surface area contributed by atoms with E-state index in [-0.39, 0.29) is 23.8 Å². The fourth-order valence-electron chi connectivity index (χ4n) is 6.02. The van der Waals surface area contributed by atoms with Crippen molar-refractivity contribution in [3.63, 3.8) is 0 Å². The molecule has 4 aliphatic carbocycles. The van der Waals surface area contributed by atoms with Crippen LogP contribution < -0.4 is 10.6 Å². The van der Waals surface area contributed by atoms with Crippen molar-refractivity contribution in [2.75, 3.05) is 5.32 Å². The molecule has 5 fully saturated rings. The van der Waals surface area contributed by atoms with Gasteiger partial charge in [0.05, 0.1) is 5.54 Å². The van der Waals surface area contributed by atoms with Gasteiger partial charge in [-0.2, -0.15) is 0 Å². The monoisotopic (exact) mass is 451 g/mol. The number of anilines is 1. The molecule has 0 spiro atoms. The van der Waals surface area contributed by atoms with E-state index in [0.29, 0.717) is 20.9 Å². The van der Waals surface area contributed by atoms with Crippen LogP contribution >= 0.6 is 35.0 Å². The highest BCUT2D eigenvalue weighted by Crippen LogP contribution is 2.57. The lowest BCUT2D eigenvalue weighted by atomic mass is 9.53. The summed E-state index contributed by atoms with van der Waals surface area (Å²) in [6, 6.07) is 4.87. The van der Waals surface area contributed by atoms with Crippen LogP contribution in [0.5, 0.6) is 0 Å². The fourth-order valence-corrected chi connectivity index (χ4v) is 7.62. The minimum absolute atomic E-state index is 0.0129. The molecule has 5 aliphatic rings. The van der Waals surface area contributed by atoms with Crippen LogP contribution in [0.2, 0.25) is 10.0 Å². The molecule has 1 aliphatic heterocycles. The molecular formula is C21H23Cl2N3O2S. The van der Waals surface area contributed by atoms with Crippen molar-refractivity contribution in [1.29, 1.82) is 0 Å². The van der Waals surface area contributed by atoms with Gasteiger partial charge in [0, 0.05) is 22.2 Å². The topological polar surface area (TPSA) is 70.6 Å². The number of halogens is 2. The number of nitrogens with one attached hydrogen (secondary N) is 2. The molecule has 4 bridgehead atoms. The number of benzene rings is 1. The van der Waals surface area contributed by atoms with Gasteiger partial charge >= 0.3 is 0 Å². The number of amidine groups is 1. The molecule has 2 N–H and O–H groups in total. The molecule has 29 heavy (non-hydrogen) atoms. The molecule has 1 aromatic rings. The Hall–Kier alpha value is -1.24. The summed E-state index contributed by atoms with van der Waals surface area (Å²) in [6.07, 6.45) is 7.62. The molecule has 0 aromatic heterocycles. The summed E-state index contributed by atoms with van der Waals surface area (Å²) >= 11 is 13.3. The van der Waals surface area contributed by atoms with E-state index in [9.17, 15) is 9.59 Å². The quantitative estimate of drug-likeness (QED) is 0.684. The Bertz CT molecular complexity index is 848. The molecule has 6 rings (SSSR count). The highest BCUT2D eigenvalue weighted by molar-refractivity contribution is 8.15. The minimum Gasteiger partial charge on any atom is -0.326 e. The number of nitrogens with zero attached hydrogens (tertiary/aromatic N) is 1. The smallest absolute Gasteiger partial charge is 0.240 e. The van der Waals surface area contributed by atoms with Gasteiger partial charge in [-0.1, -0.05) is 35.0 Å². The zero-order valence-electron chi connectivity index (χ0n) is 15.9. The molecule has 1 saturated heterocycles. The van der Waals surface area contributed by atoms with Crippen LogP contribution in [-0.2, 0) is 9.59 Å². The lowest BCUT2D eigenvalue weighted by Crippen LogP contribution is -2.50. The molecule has 1 aromatic carbocycles. The summed E-state index contributed by atoms with van der Waals surface area (Å²) in [5.74, 6) is 2.03. The third-order valence-electron chi connectivity index (χ3n) is 6.64. The van der Waals surface area contributed by atoms with Gasteiger partial charge in [-0.05, 0) is 74.5 Å². The summed E-state index contributed by atoms with van der Waals surface area (Å²) in [7, 11) is 0. The second-order valence-corrected chi connectivity index (χ2v) is 11.1. The van der Waals surface area contributed by atoms with Crippen LogP contribution in [0.25, 0.3) is 0 Å². The zero-order chi connectivity index (χ0) is 20.2. The third-order valence-corrected chi connectivity index (χ3v) is 8.16. The van der Waals surface area contributed by atoms with E-state index in [1.807, 2.05) is 0 Å². The van der Waals surface area contributed by atoms with Crippen molar-refractivity contribution in [3.8, 4) is 0 Å². The van der Waals surface area contributed by atoms with Gasteiger partial charge in [0.25, 0.3) is 0 Å². The maximum absolute atomic E-state index is 12.4. The van der Waals surface area contributed by atoms with E-state index in [2.05, 4.69) is 10.6 Å². The number of carbonyl (C=O) groups excluding carboxylic acids is 2. The Morgan fingerprint density at radius 3 is 2.28 bits per heavy atom. The molecule has 0 radical (unpaired) electrons. The van der Waals surface area contributed by atoms with Crippen molar-refractivity contribution in [2.45, 2.75) is 55.7 Å². The van der Waals surface area contributed by atoms with Crippen molar-refractivity contribution in [2.24, 2.45) is 22.7 Å². The molecule has 1 unspecified atom stereocenters. The number of aliphatic imine (C=N–C) groups is 1. The van der Waals surface area contributed by atoms with Crippen LogP contribution in [0.15, 0.2) is 23.2 Å². The molecule has 5 nitrogen and oxygen atoms in total. The second-order valence-electron chi connectivity index (χ2n) is 9.07. The van der Waals surface area contributed by atoms with Crippen LogP contribution in [0.4, 0.5) is 5.69 Å². The third kappa shape index (κ3) is 4.17. The number of rotatable bonds is 4. The van der Waals surface area contributed by atoms with E-state index in [1.54, 1.807) is 18.2 Å². The maximum Gasteiger partial charge on any atom is 0.240 e. The van der Waals surface area contributed by atoms with Gasteiger partial charge in [-0.3, -0.25) is 14.6 Å². The molecule has 8 heteroatoms. The van der Waals surface area contributed by atoms with E-state index < -0.39 is 5.25 Å². The lowest BCUT2D eigenvalue weighted by molar-refractivity contribution is -0.122. The van der Waals surface area contributed by atoms with Gasteiger partial charge in [0.15, 0.2) is 5.17 Å². The van der Waals surface area contributed by atoms with Crippen molar-refractivity contribution >= 4 is 57.6 Å². The van der Waals surface area contributed by atoms with Gasteiger partial charge in [0.2, 0.25) is 11.8 Å². The van der Waals surface area contributed by atoms with Crippen LogP contribution in [0.1, 0.15) is 44.9 Å². The van der Waals surface area contributed by atoms with Crippen LogP contribution in [-0.4, -0.2) is 27.8 Å². The second kappa shape index (κ2) is 7.47. The first-order valence-corrected chi connectivity index (χ1v) is 11.8. The first-order chi connectivity index (χ1) is 13.9. The summed E-state index contributed by atoms with van der Waals surface area (Å²) in [5, 5.41) is 6.82. The average Bonchev–Trinajstić information content (AvgIpc) is 2.90. The highest BCUT2D eigenvalue weighted by atomic mass is 35.5. The normalized spacial score (nSPS) is 36.5. The van der Waals surface area contributed by atoms with Crippen molar-refractivity contribution in [1.82, 2.24) is 5.32 Å². The molecule has 4 saturated carbocycles. The Labute approximate surface area is 184 Å². The predicted molar refractivity (Wildman–Crippen MR) is 118 cm³/mol. The SMILES string of the molecule is O=C(CC1SC(=NC23CC4CC(CC(C4)C2)C3)NC1=O)Nc1cc(Cl)cc(Cl)c1. The van der Waals surface area contributed by atoms with Crippen LogP contribution in [0, 0.1) is 17.8 Å². The van der Waals surface area contributed by atoms with Gasteiger partial charge < -0.3 is 10.6 Å². The minimum atomic E-state index is -0.461. The van der Waals surface area contributed by atoms with E-state index in [1.165, 1.54) is 31.0 Å². The van der Waals surface area contributed by atoms with Gasteiger partial charge in [0.1, 0.15) is 5.25 Å². The summed E-state index contributed by atoms with van der Waals surface area (Å²) in [6.45, 7) is 0. The Morgan fingerprint density at radius 2 is 1.69 bits per heavy atom. The average molecular weight is 452 g/mol. The Morgan fingerprint density at radius 1 is 1.10 bits per heavy atom. The highest BCUT2D eigenvalue weighted by Gasteiger charge is 2.51. The fraction of sp³-hybridized carbons (Fsp3) is 0.571. The molecular weight excluding hydrogens is 429 g/mol. The molecule has 1 heterocycles. The number of thioether (sulfide) groups is 1. The van der Waals surface area contributed by atoms with Crippen molar-refractivity contribution < 1.29 is 9.59 Å². The van der Waals surface area contributed by atoms with Crippen LogP contribution in [0.3, 0.4) is 0 Å². The largest absolute Gasteiger partial charge is 0.326 e. The molecule has 2 amide bonds. The van der Waals surface area contributed by atoms with Crippen molar-refractivity contribution in [3.05, 3.63) is 28.2 Å². The van der Waals surface area contributed by atoms with E-state index in [0.717, 1.165) is 37.0 Å². The number of hydrogen-bond donors (Lipinski definition) is 2. The van der Waals surface area contributed by atoms with Gasteiger partial charge in [-0.25, -0.2) is 0 Å². The lowest BCUT2D eigenvalue weighted by Gasteiger charge is -2.55. The summed E-state index contributed by atoms with van der Waals surface area (Å²) in [4.78, 5) is 29.9. The number of hydrogen-bond acceptors (Lipinski definition) is 4. The Balaban J connectivity index is 1.23. The summed E-state index contributed by atoms with van der Waals surface area (Å²) in [5.41, 5.74) is 0.539. The van der Waals surface area contributed by atoms with E-state index >= 15 is 0 Å². The molecule has 154 valence electrons. The standard InChI is InChI=1S/C21H23Cl2N3O2S/c22-14-4-15(23)6-16(5-14)24-18(27)7-17-19(28)25-20(29-17)26-21-8-11-1-12(9-21)3-13(2-11)10-21/h4-6,11-13,17H,1-3,7-10H2,(H,24,27)(H,25,26,28). The number of carbonyl (C=O) groups is 2. The van der Waals surface area contributed by atoms with E-state index in [4.69, 9.17) is 28.2 Å². The zero-order valence-corrected chi connectivity index (χ0v) is 18.2. The summed E-state index contributed by atoms with van der Waals surface area (Å²) < 4.78 is 0. The van der Waals surface area contributed by atoms with Gasteiger partial charge in [-0.15, -0.1) is 0 Å². The maximum atomic E-state index is 12.4. The predicted octanol–water partition coefficient (Wildman–Crippen LogP) is 4.88. The molecule has 1 atom stereocenters. The Kier molecular flexibility index (Phi) is 5.08.